The average Bonchev–Trinajstić information content (AvgIpc) is 3.53. The van der Waals surface area contributed by atoms with Crippen molar-refractivity contribution >= 4 is 29.8 Å². The fraction of sp³-hybridized carbons (Fsp3) is 0.647. The molecular formula is C51H67N3O11. The van der Waals surface area contributed by atoms with Crippen LogP contribution in [0, 0.1) is 22.7 Å². The Kier molecular flexibility index (Phi) is 12.4. The zero-order valence-electron chi connectivity index (χ0n) is 39.0. The molecule has 0 radical (unpaired) electrons. The lowest BCUT2D eigenvalue weighted by Crippen LogP contribution is -2.70. The summed E-state index contributed by atoms with van der Waals surface area (Å²) in [7, 11) is 1.58. The number of nitrogens with one attached hydrogen (secondary N) is 1. The van der Waals surface area contributed by atoms with Crippen LogP contribution in [-0.2, 0) is 60.7 Å². The summed E-state index contributed by atoms with van der Waals surface area (Å²) < 4.78 is 30.0. The van der Waals surface area contributed by atoms with Crippen LogP contribution in [-0.4, -0.2) is 119 Å². The number of epoxide rings is 1. The Balaban J connectivity index is 1.01. The first-order valence-corrected chi connectivity index (χ1v) is 23.7. The molecule has 3 saturated carbocycles. The molecule has 2 amide bonds. The van der Waals surface area contributed by atoms with Gasteiger partial charge < -0.3 is 39.0 Å². The smallest absolute Gasteiger partial charge is 0.327 e. The minimum absolute atomic E-state index is 0.0218. The number of likely N-dealkylation sites (N-methyl/N-ethyl adjacent to an activating group) is 1. The van der Waals surface area contributed by atoms with E-state index in [0.717, 1.165) is 48.8 Å². The van der Waals surface area contributed by atoms with Crippen LogP contribution in [0.2, 0.25) is 0 Å². The van der Waals surface area contributed by atoms with Crippen molar-refractivity contribution in [3.05, 3.63) is 76.9 Å². The van der Waals surface area contributed by atoms with E-state index >= 15 is 4.79 Å². The number of aliphatic hydroxyl groups excluding tert-OH is 1. The molecule has 0 aromatic heterocycles. The van der Waals surface area contributed by atoms with E-state index in [9.17, 15) is 19.5 Å². The first-order chi connectivity index (χ1) is 30.9. The Morgan fingerprint density at radius 2 is 1.75 bits per heavy atom. The SMILES string of the molecule is CN(C(=O)C12CC3OC(=O)C1N(Cc1ccccc1C=C1CCC4OC4(C)CCC4C1CC4(C)C)OC2C1OCOC31)C(Cc1ccccc1)C(=O)NC(CO)CCC(=O)OC(C)(C)C. The van der Waals surface area contributed by atoms with Gasteiger partial charge in [0.1, 0.15) is 48.3 Å². The van der Waals surface area contributed by atoms with E-state index in [2.05, 4.69) is 38.2 Å². The van der Waals surface area contributed by atoms with E-state index in [1.807, 2.05) is 48.5 Å². The highest BCUT2D eigenvalue weighted by Gasteiger charge is 2.75. The molecule has 2 aromatic rings. The van der Waals surface area contributed by atoms with Crippen molar-refractivity contribution in [2.75, 3.05) is 20.4 Å². The number of ether oxygens (including phenoxy) is 5. The summed E-state index contributed by atoms with van der Waals surface area (Å²) in [5, 5.41) is 14.9. The summed E-state index contributed by atoms with van der Waals surface area (Å²) >= 11 is 0. The number of aliphatic hydroxyl groups is 1. The molecule has 4 aliphatic heterocycles. The molecule has 0 spiro atoms. The van der Waals surface area contributed by atoms with Gasteiger partial charge in [0, 0.05) is 26.3 Å². The van der Waals surface area contributed by atoms with E-state index < -0.39 is 83.9 Å². The van der Waals surface area contributed by atoms with Crippen LogP contribution in [0.3, 0.4) is 0 Å². The molecule has 3 aliphatic carbocycles. The normalized spacial score (nSPS) is 34.8. The van der Waals surface area contributed by atoms with E-state index in [1.165, 1.54) is 10.5 Å². The predicted molar refractivity (Wildman–Crippen MR) is 238 cm³/mol. The summed E-state index contributed by atoms with van der Waals surface area (Å²) in [4.78, 5) is 65.5. The zero-order chi connectivity index (χ0) is 46.1. The van der Waals surface area contributed by atoms with Crippen molar-refractivity contribution in [3.8, 4) is 0 Å². The molecule has 65 heavy (non-hydrogen) atoms. The van der Waals surface area contributed by atoms with Gasteiger partial charge in [-0.3, -0.25) is 24.0 Å². The van der Waals surface area contributed by atoms with E-state index in [4.69, 9.17) is 28.5 Å². The summed E-state index contributed by atoms with van der Waals surface area (Å²) in [6.07, 6.45) is 5.24. The Morgan fingerprint density at radius 1 is 1.02 bits per heavy atom. The quantitative estimate of drug-likeness (QED) is 0.187. The molecule has 14 heteroatoms. The largest absolute Gasteiger partial charge is 0.460 e. The third-order valence-electron chi connectivity index (χ3n) is 15.6. The molecule has 7 aliphatic rings. The van der Waals surface area contributed by atoms with E-state index in [1.54, 1.807) is 32.9 Å². The zero-order valence-corrected chi connectivity index (χ0v) is 39.0. The molecular weight excluding hydrogens is 831 g/mol. The maximum absolute atomic E-state index is 15.7. The number of carbonyl (C=O) groups is 4. The number of rotatable bonds is 13. The highest BCUT2D eigenvalue weighted by atomic mass is 16.8. The molecule has 14 nitrogen and oxygen atoms in total. The lowest BCUT2D eigenvalue weighted by Gasteiger charge is -2.53. The number of nitrogens with zero attached hydrogens (tertiary/aromatic N) is 2. The van der Waals surface area contributed by atoms with Gasteiger partial charge in [-0.25, -0.2) is 0 Å². The number of benzene rings is 2. The van der Waals surface area contributed by atoms with Crippen LogP contribution >= 0.6 is 0 Å². The lowest BCUT2D eigenvalue weighted by atomic mass is 9.52. The van der Waals surface area contributed by atoms with Crippen LogP contribution in [0.1, 0.15) is 110 Å². The van der Waals surface area contributed by atoms with Gasteiger partial charge in [-0.1, -0.05) is 80.1 Å². The number of esters is 2. The number of amides is 2. The Labute approximate surface area is 382 Å². The number of carbonyl (C=O) groups excluding carboxylic acids is 4. The first-order valence-electron chi connectivity index (χ1n) is 23.7. The topological polar surface area (TPSA) is 166 Å². The van der Waals surface area contributed by atoms with Gasteiger partial charge in [0.25, 0.3) is 0 Å². The van der Waals surface area contributed by atoms with Gasteiger partial charge in [-0.2, -0.15) is 5.06 Å². The van der Waals surface area contributed by atoms with Crippen LogP contribution in [0.15, 0.2) is 60.2 Å². The summed E-state index contributed by atoms with van der Waals surface area (Å²) in [5.74, 6) is -0.951. The maximum Gasteiger partial charge on any atom is 0.327 e. The van der Waals surface area contributed by atoms with Crippen molar-refractivity contribution < 1.29 is 52.8 Å². The minimum Gasteiger partial charge on any atom is -0.460 e. The second-order valence-electron chi connectivity index (χ2n) is 21.6. The molecule has 2 aromatic carbocycles. The van der Waals surface area contributed by atoms with Crippen molar-refractivity contribution in [2.24, 2.45) is 22.7 Å². The van der Waals surface area contributed by atoms with Gasteiger partial charge in [0.2, 0.25) is 11.8 Å². The summed E-state index contributed by atoms with van der Waals surface area (Å²) in [5.41, 5.74) is 2.26. The Bertz CT molecular complexity index is 2170. The van der Waals surface area contributed by atoms with Gasteiger partial charge in [0.15, 0.2) is 6.04 Å². The highest BCUT2D eigenvalue weighted by Crippen LogP contribution is 2.60. The second-order valence-corrected chi connectivity index (χ2v) is 21.6. The third-order valence-corrected chi connectivity index (χ3v) is 15.6. The maximum atomic E-state index is 15.7. The lowest BCUT2D eigenvalue weighted by molar-refractivity contribution is -0.204. The Morgan fingerprint density at radius 3 is 2.49 bits per heavy atom. The summed E-state index contributed by atoms with van der Waals surface area (Å²) in [6.45, 7) is 12.1. The van der Waals surface area contributed by atoms with Crippen molar-refractivity contribution in [1.29, 1.82) is 0 Å². The van der Waals surface area contributed by atoms with Crippen molar-refractivity contribution in [3.63, 3.8) is 0 Å². The van der Waals surface area contributed by atoms with Crippen LogP contribution in [0.25, 0.3) is 6.08 Å². The number of allylic oxidation sites excluding steroid dienone is 1. The van der Waals surface area contributed by atoms with Gasteiger partial charge in [-0.05, 0) is 100 Å². The molecule has 7 fully saturated rings. The predicted octanol–water partition coefficient (Wildman–Crippen LogP) is 5.67. The Hall–Kier alpha value is -4.18. The first kappa shape index (κ1) is 46.0. The van der Waals surface area contributed by atoms with Crippen molar-refractivity contribution in [1.82, 2.24) is 15.3 Å². The number of hydrogen-bond donors (Lipinski definition) is 2. The molecule has 9 rings (SSSR count). The standard InChI is InChI=1S/C51H67N3O11/c1-48(2,3)64-40(56)20-18-34(28-55)52-45(57)37(23-30-13-9-8-10-14-30)53(7)47(59)51-26-38-41-42(61-29-60-41)44(51)65-54(43(51)46(58)62-38)27-33-16-12-11-15-31(33)24-32-17-19-39-50(6,63-39)22-21-36-35(32)25-49(36,4)5/h8-16,24,34-39,41-44,55H,17-23,25-29H2,1-7H3,(H,52,57). The van der Waals surface area contributed by atoms with Gasteiger partial charge >= 0.3 is 11.9 Å². The number of hydrogen-bond acceptors (Lipinski definition) is 12. The third kappa shape index (κ3) is 8.79. The van der Waals surface area contributed by atoms with Crippen LogP contribution in [0.5, 0.6) is 0 Å². The average molecular weight is 898 g/mol. The molecule has 2 bridgehead atoms. The molecule has 12 atom stereocenters. The van der Waals surface area contributed by atoms with Crippen molar-refractivity contribution in [2.45, 2.75) is 166 Å². The molecule has 352 valence electrons. The van der Waals surface area contributed by atoms with E-state index in [0.29, 0.717) is 11.8 Å². The van der Waals surface area contributed by atoms with Gasteiger partial charge in [-0.15, -0.1) is 0 Å². The number of fused-ring (bicyclic) bond motifs is 6. The fourth-order valence-electron chi connectivity index (χ4n) is 12.1. The van der Waals surface area contributed by atoms with Gasteiger partial charge in [0.05, 0.1) is 30.9 Å². The molecule has 4 saturated heterocycles. The number of hydroxylamine groups is 2. The second kappa shape index (κ2) is 17.5. The molecule has 12 unspecified atom stereocenters. The van der Waals surface area contributed by atoms with Crippen LogP contribution in [0.4, 0.5) is 0 Å². The van der Waals surface area contributed by atoms with Crippen LogP contribution < -0.4 is 5.32 Å². The molecule has 2 N–H and O–H groups in total. The van der Waals surface area contributed by atoms with E-state index in [-0.39, 0.29) is 56.1 Å². The fourth-order valence-corrected chi connectivity index (χ4v) is 12.1. The highest BCUT2D eigenvalue weighted by molar-refractivity contribution is 5.96. The minimum atomic E-state index is -1.50. The molecule has 4 heterocycles. The monoisotopic (exact) mass is 897 g/mol. The summed E-state index contributed by atoms with van der Waals surface area (Å²) in [6, 6.07) is 14.5.